The van der Waals surface area contributed by atoms with Crippen molar-refractivity contribution >= 4 is 0 Å². The smallest absolute Gasteiger partial charge is 0.0233 e. The van der Waals surface area contributed by atoms with Crippen LogP contribution >= 0.6 is 0 Å². The third-order valence-corrected chi connectivity index (χ3v) is 4.74. The molecule has 1 aliphatic rings. The first kappa shape index (κ1) is 16.5. The van der Waals surface area contributed by atoms with Crippen LogP contribution in [0.2, 0.25) is 0 Å². The Morgan fingerprint density at radius 1 is 1.00 bits per heavy atom. The highest BCUT2D eigenvalue weighted by Gasteiger charge is 2.16. The number of hydrogen-bond donors (Lipinski definition) is 1. The van der Waals surface area contributed by atoms with Gasteiger partial charge in [-0.05, 0) is 50.5 Å². The van der Waals surface area contributed by atoms with Crippen molar-refractivity contribution in [1.82, 2.24) is 10.2 Å². The number of benzene rings is 1. The van der Waals surface area contributed by atoms with Crippen LogP contribution in [-0.2, 0) is 13.0 Å². The molecule has 1 fully saturated rings. The standard InChI is InChI=1S/C19H32N2/c1-3-20-15-14-17-10-12-18(13-11-17)16-21(2)19-8-6-4-5-7-9-19/h10-13,19-20H,3-9,14-16H2,1-2H3. The molecule has 118 valence electrons. The second-order valence-electron chi connectivity index (χ2n) is 6.48. The van der Waals surface area contributed by atoms with E-state index in [2.05, 4.69) is 48.5 Å². The summed E-state index contributed by atoms with van der Waals surface area (Å²) < 4.78 is 0. The Morgan fingerprint density at radius 3 is 2.24 bits per heavy atom. The molecule has 0 bridgehead atoms. The Kier molecular flexibility index (Phi) is 7.25. The first-order valence-corrected chi connectivity index (χ1v) is 8.78. The van der Waals surface area contributed by atoms with Gasteiger partial charge < -0.3 is 5.32 Å². The SMILES string of the molecule is CCNCCc1ccc(CN(C)C2CCCCCC2)cc1. The lowest BCUT2D eigenvalue weighted by Gasteiger charge is -2.27. The first-order chi connectivity index (χ1) is 10.3. The van der Waals surface area contributed by atoms with Crippen molar-refractivity contribution in [2.24, 2.45) is 0 Å². The molecule has 0 aromatic heterocycles. The molecule has 1 aromatic carbocycles. The van der Waals surface area contributed by atoms with Gasteiger partial charge in [0.25, 0.3) is 0 Å². The number of likely N-dealkylation sites (N-methyl/N-ethyl adjacent to an activating group) is 1. The molecule has 1 aromatic rings. The largest absolute Gasteiger partial charge is 0.317 e. The second kappa shape index (κ2) is 9.22. The lowest BCUT2D eigenvalue weighted by molar-refractivity contribution is 0.213. The number of nitrogens with zero attached hydrogens (tertiary/aromatic N) is 1. The minimum Gasteiger partial charge on any atom is -0.317 e. The lowest BCUT2D eigenvalue weighted by Crippen LogP contribution is -2.30. The van der Waals surface area contributed by atoms with E-state index in [0.717, 1.165) is 32.1 Å². The van der Waals surface area contributed by atoms with Gasteiger partial charge in [0, 0.05) is 12.6 Å². The summed E-state index contributed by atoms with van der Waals surface area (Å²) in [6, 6.07) is 10.0. The summed E-state index contributed by atoms with van der Waals surface area (Å²) >= 11 is 0. The monoisotopic (exact) mass is 288 g/mol. The molecule has 2 heteroatoms. The van der Waals surface area contributed by atoms with Gasteiger partial charge in [-0.3, -0.25) is 4.90 Å². The summed E-state index contributed by atoms with van der Waals surface area (Å²) in [6.45, 7) is 5.40. The average molecular weight is 288 g/mol. The van der Waals surface area contributed by atoms with Crippen LogP contribution < -0.4 is 5.32 Å². The maximum Gasteiger partial charge on any atom is 0.0233 e. The predicted molar refractivity (Wildman–Crippen MR) is 91.6 cm³/mol. The number of rotatable bonds is 7. The van der Waals surface area contributed by atoms with E-state index in [4.69, 9.17) is 0 Å². The van der Waals surface area contributed by atoms with Gasteiger partial charge in [-0.1, -0.05) is 56.9 Å². The minimum absolute atomic E-state index is 0.793. The van der Waals surface area contributed by atoms with Crippen molar-refractivity contribution < 1.29 is 0 Å². The third-order valence-electron chi connectivity index (χ3n) is 4.74. The Morgan fingerprint density at radius 2 is 1.62 bits per heavy atom. The lowest BCUT2D eigenvalue weighted by atomic mass is 10.1. The first-order valence-electron chi connectivity index (χ1n) is 8.78. The van der Waals surface area contributed by atoms with Crippen molar-refractivity contribution in [2.75, 3.05) is 20.1 Å². The van der Waals surface area contributed by atoms with Crippen LogP contribution in [-0.4, -0.2) is 31.1 Å². The number of hydrogen-bond acceptors (Lipinski definition) is 2. The van der Waals surface area contributed by atoms with E-state index < -0.39 is 0 Å². The molecule has 0 radical (unpaired) electrons. The van der Waals surface area contributed by atoms with Gasteiger partial charge in [-0.2, -0.15) is 0 Å². The molecule has 1 aliphatic carbocycles. The highest BCUT2D eigenvalue weighted by Crippen LogP contribution is 2.22. The summed E-state index contributed by atoms with van der Waals surface area (Å²) in [6.07, 6.45) is 9.60. The van der Waals surface area contributed by atoms with Gasteiger partial charge >= 0.3 is 0 Å². The fraction of sp³-hybridized carbons (Fsp3) is 0.684. The van der Waals surface area contributed by atoms with E-state index in [1.165, 1.54) is 49.7 Å². The van der Waals surface area contributed by atoms with Crippen molar-refractivity contribution in [1.29, 1.82) is 0 Å². The van der Waals surface area contributed by atoms with Crippen LogP contribution in [0.5, 0.6) is 0 Å². The van der Waals surface area contributed by atoms with E-state index >= 15 is 0 Å². The zero-order valence-electron chi connectivity index (χ0n) is 13.9. The summed E-state index contributed by atoms with van der Waals surface area (Å²) in [5, 5.41) is 3.38. The Balaban J connectivity index is 1.81. The zero-order valence-corrected chi connectivity index (χ0v) is 13.9. The molecule has 0 aliphatic heterocycles. The highest BCUT2D eigenvalue weighted by molar-refractivity contribution is 5.22. The second-order valence-corrected chi connectivity index (χ2v) is 6.48. The third kappa shape index (κ3) is 5.80. The molecule has 0 spiro atoms. The molecule has 1 saturated carbocycles. The van der Waals surface area contributed by atoms with Gasteiger partial charge in [0.1, 0.15) is 0 Å². The fourth-order valence-corrected chi connectivity index (χ4v) is 3.34. The van der Waals surface area contributed by atoms with E-state index in [1.54, 1.807) is 0 Å². The van der Waals surface area contributed by atoms with Crippen LogP contribution in [0.15, 0.2) is 24.3 Å². The molecule has 21 heavy (non-hydrogen) atoms. The molecule has 0 heterocycles. The van der Waals surface area contributed by atoms with Gasteiger partial charge in [-0.15, -0.1) is 0 Å². The van der Waals surface area contributed by atoms with Gasteiger partial charge in [-0.25, -0.2) is 0 Å². The van der Waals surface area contributed by atoms with Crippen LogP contribution in [0.25, 0.3) is 0 Å². The van der Waals surface area contributed by atoms with Crippen molar-refractivity contribution in [3.63, 3.8) is 0 Å². The van der Waals surface area contributed by atoms with Crippen LogP contribution in [0, 0.1) is 0 Å². The normalized spacial score (nSPS) is 17.1. The zero-order chi connectivity index (χ0) is 14.9. The molecular formula is C19H32N2. The maximum absolute atomic E-state index is 3.38. The predicted octanol–water partition coefficient (Wildman–Crippen LogP) is 3.99. The van der Waals surface area contributed by atoms with Crippen molar-refractivity contribution in [3.8, 4) is 0 Å². The highest BCUT2D eigenvalue weighted by atomic mass is 15.1. The molecule has 1 N–H and O–H groups in total. The maximum atomic E-state index is 3.38. The van der Waals surface area contributed by atoms with Crippen LogP contribution in [0.3, 0.4) is 0 Å². The summed E-state index contributed by atoms with van der Waals surface area (Å²) in [5.41, 5.74) is 2.89. The summed E-state index contributed by atoms with van der Waals surface area (Å²) in [7, 11) is 2.30. The Bertz CT molecular complexity index is 377. The van der Waals surface area contributed by atoms with E-state index in [9.17, 15) is 0 Å². The molecule has 0 unspecified atom stereocenters. The fourth-order valence-electron chi connectivity index (χ4n) is 3.34. The van der Waals surface area contributed by atoms with Crippen molar-refractivity contribution in [2.45, 2.75) is 64.5 Å². The molecule has 0 atom stereocenters. The number of nitrogens with one attached hydrogen (secondary N) is 1. The van der Waals surface area contributed by atoms with Crippen LogP contribution in [0.4, 0.5) is 0 Å². The molecule has 0 amide bonds. The molecule has 2 nitrogen and oxygen atoms in total. The summed E-state index contributed by atoms with van der Waals surface area (Å²) in [5.74, 6) is 0. The van der Waals surface area contributed by atoms with E-state index in [0.29, 0.717) is 0 Å². The minimum atomic E-state index is 0.793. The molecule has 0 saturated heterocycles. The average Bonchev–Trinajstić information content (AvgIpc) is 2.78. The topological polar surface area (TPSA) is 15.3 Å². The van der Waals surface area contributed by atoms with Gasteiger partial charge in [0.05, 0.1) is 0 Å². The Labute approximate surface area is 130 Å². The van der Waals surface area contributed by atoms with Gasteiger partial charge in [0.2, 0.25) is 0 Å². The quantitative estimate of drug-likeness (QED) is 0.603. The van der Waals surface area contributed by atoms with E-state index in [-0.39, 0.29) is 0 Å². The summed E-state index contributed by atoms with van der Waals surface area (Å²) in [4.78, 5) is 2.57. The molecular weight excluding hydrogens is 256 g/mol. The Hall–Kier alpha value is -0.860. The van der Waals surface area contributed by atoms with E-state index in [1.807, 2.05) is 0 Å². The van der Waals surface area contributed by atoms with Crippen molar-refractivity contribution in [3.05, 3.63) is 35.4 Å². The molecule has 2 rings (SSSR count). The van der Waals surface area contributed by atoms with Gasteiger partial charge in [0.15, 0.2) is 0 Å². The van der Waals surface area contributed by atoms with Crippen LogP contribution in [0.1, 0.15) is 56.6 Å².